The van der Waals surface area contributed by atoms with Crippen molar-refractivity contribution in [3.8, 4) is 0 Å². The van der Waals surface area contributed by atoms with Gasteiger partial charge >= 0.3 is 5.97 Å². The summed E-state index contributed by atoms with van der Waals surface area (Å²) in [6.07, 6.45) is 2.80. The number of hydrogen-bond donors (Lipinski definition) is 5. The minimum absolute atomic E-state index is 0.0408. The number of anilines is 2. The topological polar surface area (TPSA) is 120 Å². The number of aliphatic hydroxyl groups is 1. The molecule has 1 aliphatic rings. The van der Waals surface area contributed by atoms with Crippen molar-refractivity contribution in [2.24, 2.45) is 0 Å². The van der Waals surface area contributed by atoms with Crippen molar-refractivity contribution in [1.82, 2.24) is 15.4 Å². The van der Waals surface area contributed by atoms with E-state index in [-0.39, 0.29) is 35.3 Å². The third kappa shape index (κ3) is 5.91. The van der Waals surface area contributed by atoms with Gasteiger partial charge in [0.05, 0.1) is 30.5 Å². The number of H-pyrrole nitrogens is 1. The van der Waals surface area contributed by atoms with Gasteiger partial charge in [-0.3, -0.25) is 0 Å². The average Bonchev–Trinajstić information content (AvgIpc) is 3.44. The van der Waals surface area contributed by atoms with E-state index in [1.165, 1.54) is 18.9 Å². The number of fused-ring (bicyclic) bond motifs is 1. The fraction of sp³-hybridized carbons (Fsp3) is 0.333. The highest BCUT2D eigenvalue weighted by Crippen LogP contribution is 2.32. The predicted molar refractivity (Wildman–Crippen MR) is 124 cm³/mol. The molecule has 166 valence electrons. The van der Waals surface area contributed by atoms with Crippen molar-refractivity contribution in [1.29, 1.82) is 0 Å². The number of hydrogen-bond acceptors (Lipinski definition) is 6. The van der Waals surface area contributed by atoms with Crippen molar-refractivity contribution in [2.75, 3.05) is 19.0 Å². The molecule has 1 aliphatic carbocycles. The van der Waals surface area contributed by atoms with Gasteiger partial charge in [0, 0.05) is 21.7 Å². The van der Waals surface area contributed by atoms with Crippen molar-refractivity contribution >= 4 is 51.0 Å². The minimum Gasteiger partial charge on any atom is -0.478 e. The van der Waals surface area contributed by atoms with Crippen LogP contribution in [-0.4, -0.2) is 45.9 Å². The summed E-state index contributed by atoms with van der Waals surface area (Å²) in [4.78, 5) is 23.2. The van der Waals surface area contributed by atoms with Crippen LogP contribution in [0.1, 0.15) is 34.6 Å². The van der Waals surface area contributed by atoms with E-state index >= 15 is 0 Å². The number of benzene rings is 2. The summed E-state index contributed by atoms with van der Waals surface area (Å²) in [5.41, 5.74) is 4.30. The molecular weight excluding hydrogens is 518 g/mol. The van der Waals surface area contributed by atoms with Crippen LogP contribution in [0.3, 0.4) is 0 Å². The number of aromatic nitrogens is 2. The zero-order valence-electron chi connectivity index (χ0n) is 17.1. The van der Waals surface area contributed by atoms with Crippen molar-refractivity contribution in [3.63, 3.8) is 0 Å². The van der Waals surface area contributed by atoms with Gasteiger partial charge in [-0.2, -0.15) is 5.48 Å². The van der Waals surface area contributed by atoms with Crippen LogP contribution in [0.15, 0.2) is 24.3 Å². The third-order valence-electron chi connectivity index (χ3n) is 4.66. The highest BCUT2D eigenvalue weighted by molar-refractivity contribution is 14.1. The Bertz CT molecular complexity index is 1080. The molecule has 5 N–H and O–H groups in total. The summed E-state index contributed by atoms with van der Waals surface area (Å²) in [5.74, 6) is -1.59. The summed E-state index contributed by atoms with van der Waals surface area (Å²) in [5, 5.41) is 21.4. The van der Waals surface area contributed by atoms with Crippen LogP contribution >= 0.6 is 22.6 Å². The molecule has 10 heteroatoms. The zero-order valence-corrected chi connectivity index (χ0v) is 19.3. The maximum absolute atomic E-state index is 15.0. The maximum atomic E-state index is 15.0. The quantitative estimate of drug-likeness (QED) is 0.227. The minimum atomic E-state index is -1.25. The van der Waals surface area contributed by atoms with Crippen LogP contribution in [0.25, 0.3) is 11.0 Å². The van der Waals surface area contributed by atoms with Gasteiger partial charge in [0.25, 0.3) is 0 Å². The van der Waals surface area contributed by atoms with Crippen LogP contribution in [0.2, 0.25) is 0 Å². The van der Waals surface area contributed by atoms with E-state index in [1.807, 2.05) is 19.1 Å². The molecule has 0 radical (unpaired) electrons. The molecule has 2 aromatic carbocycles. The highest BCUT2D eigenvalue weighted by Gasteiger charge is 2.22. The lowest BCUT2D eigenvalue weighted by Crippen LogP contribution is -2.12. The predicted octanol–water partition coefficient (Wildman–Crippen LogP) is 3.89. The Morgan fingerprint density at radius 1 is 1.39 bits per heavy atom. The molecule has 0 amide bonds. The molecule has 0 aliphatic heterocycles. The van der Waals surface area contributed by atoms with Crippen LogP contribution < -0.4 is 10.8 Å². The van der Waals surface area contributed by atoms with Crippen molar-refractivity contribution in [3.05, 3.63) is 50.6 Å². The summed E-state index contributed by atoms with van der Waals surface area (Å²) in [6.45, 7) is 1.72. The number of rotatable bonds is 7. The number of hydroxylamine groups is 1. The molecular formula is C21H24FIN4O4. The van der Waals surface area contributed by atoms with Gasteiger partial charge in [-0.05, 0) is 72.2 Å². The molecule has 1 aromatic heterocycles. The molecule has 0 atom stereocenters. The van der Waals surface area contributed by atoms with Gasteiger partial charge in [-0.1, -0.05) is 0 Å². The SMILES string of the molecule is CONC1CC1.Cc1cc(I)ccc1Nc1c(C(=O)O)cc2[nH]c(CCO)nc2c1F. The number of aliphatic hydroxyl groups excluding tert-OH is 1. The van der Waals surface area contributed by atoms with Gasteiger partial charge in [-0.25, -0.2) is 14.2 Å². The number of imidazole rings is 1. The van der Waals surface area contributed by atoms with E-state index in [0.717, 1.165) is 9.13 Å². The number of aromatic carboxylic acids is 1. The lowest BCUT2D eigenvalue weighted by molar-refractivity contribution is 0.0697. The van der Waals surface area contributed by atoms with E-state index in [0.29, 0.717) is 17.6 Å². The average molecular weight is 542 g/mol. The fourth-order valence-corrected chi connectivity index (χ4v) is 3.59. The van der Waals surface area contributed by atoms with Crippen LogP contribution in [0.5, 0.6) is 0 Å². The van der Waals surface area contributed by atoms with Crippen molar-refractivity contribution < 1.29 is 24.2 Å². The molecule has 1 fully saturated rings. The number of carboxylic acid groups (broad SMARTS) is 1. The van der Waals surface area contributed by atoms with Gasteiger partial charge in [0.1, 0.15) is 11.3 Å². The molecule has 1 heterocycles. The first-order valence-electron chi connectivity index (χ1n) is 9.71. The third-order valence-corrected chi connectivity index (χ3v) is 5.33. The molecule has 3 aromatic rings. The first-order chi connectivity index (χ1) is 14.8. The van der Waals surface area contributed by atoms with E-state index < -0.39 is 11.8 Å². The Balaban J connectivity index is 0.000000391. The number of nitrogens with zero attached hydrogens (tertiary/aromatic N) is 1. The summed E-state index contributed by atoms with van der Waals surface area (Å²) in [7, 11) is 1.65. The van der Waals surface area contributed by atoms with Gasteiger partial charge in [-0.15, -0.1) is 0 Å². The summed E-state index contributed by atoms with van der Waals surface area (Å²) >= 11 is 2.17. The lowest BCUT2D eigenvalue weighted by atomic mass is 10.1. The molecule has 31 heavy (non-hydrogen) atoms. The number of nitrogens with one attached hydrogen (secondary N) is 3. The lowest BCUT2D eigenvalue weighted by Gasteiger charge is -2.13. The number of halogens is 2. The second kappa shape index (κ2) is 10.4. The molecule has 0 saturated heterocycles. The van der Waals surface area contributed by atoms with Gasteiger partial charge in [0.2, 0.25) is 0 Å². The van der Waals surface area contributed by atoms with Crippen LogP contribution in [0.4, 0.5) is 15.8 Å². The number of aromatic amines is 1. The molecule has 0 unspecified atom stereocenters. The first-order valence-corrected chi connectivity index (χ1v) is 10.8. The number of carbonyl (C=O) groups is 1. The molecule has 4 rings (SSSR count). The second-order valence-electron chi connectivity index (χ2n) is 7.15. The maximum Gasteiger partial charge on any atom is 0.338 e. The Hall–Kier alpha value is -2.28. The van der Waals surface area contributed by atoms with Gasteiger partial charge < -0.3 is 25.4 Å². The van der Waals surface area contributed by atoms with E-state index in [2.05, 4.69) is 48.2 Å². The zero-order chi connectivity index (χ0) is 22.5. The Kier molecular flexibility index (Phi) is 7.81. The van der Waals surface area contributed by atoms with E-state index in [1.54, 1.807) is 13.2 Å². The summed E-state index contributed by atoms with van der Waals surface area (Å²) < 4.78 is 16.0. The Morgan fingerprint density at radius 3 is 2.68 bits per heavy atom. The molecule has 1 saturated carbocycles. The number of carboxylic acids is 1. The Labute approximate surface area is 192 Å². The Morgan fingerprint density at radius 2 is 2.13 bits per heavy atom. The standard InChI is InChI=1S/C17H15FIN3O3.C4H9NO/c1-8-6-9(19)2-3-11(8)21-15-10(17(24)25)7-12-16(14(15)18)22-13(20-12)4-5-23;1-6-5-4-2-3-4/h2-3,6-7,21,23H,4-5H2,1H3,(H,20,22)(H,24,25);4-5H,2-3H2,1H3. The van der Waals surface area contributed by atoms with Crippen LogP contribution in [-0.2, 0) is 11.3 Å². The van der Waals surface area contributed by atoms with Gasteiger partial charge in [0.15, 0.2) is 5.82 Å². The highest BCUT2D eigenvalue weighted by atomic mass is 127. The molecule has 8 nitrogen and oxygen atoms in total. The molecule has 0 spiro atoms. The van der Waals surface area contributed by atoms with E-state index in [9.17, 15) is 14.3 Å². The number of aryl methyl sites for hydroxylation is 1. The summed E-state index contributed by atoms with van der Waals surface area (Å²) in [6, 6.07) is 7.55. The normalized spacial score (nSPS) is 13.1. The first kappa shape index (κ1) is 23.4. The monoisotopic (exact) mass is 542 g/mol. The molecule has 0 bridgehead atoms. The smallest absolute Gasteiger partial charge is 0.338 e. The fourth-order valence-electron chi connectivity index (χ4n) is 2.95. The second-order valence-corrected chi connectivity index (χ2v) is 8.40. The van der Waals surface area contributed by atoms with E-state index in [4.69, 9.17) is 5.11 Å². The van der Waals surface area contributed by atoms with Crippen molar-refractivity contribution in [2.45, 2.75) is 32.2 Å². The largest absolute Gasteiger partial charge is 0.478 e. The van der Waals surface area contributed by atoms with Crippen LogP contribution in [0, 0.1) is 16.3 Å².